The van der Waals surface area contributed by atoms with Crippen molar-refractivity contribution in [2.45, 2.75) is 384 Å². The SMILES string of the molecule is CC/C=C\C/C=C\C/C=C\C/C=C\C/C=C\CCCCCCCCCCCC(=O)OC1C(OCC(NC(=O)C(O)CCCCCCCCCCCCCCCC/C=C/CCCCCCCC)C(O)/C=C/CCCCCCCCCCC)OC(CO)C(O)C1O. The first-order chi connectivity index (χ1) is 43.7. The summed E-state index contributed by atoms with van der Waals surface area (Å²) in [5.74, 6) is -1.19. The van der Waals surface area contributed by atoms with E-state index in [1.165, 1.54) is 186 Å². The number of hydrogen-bond donors (Lipinski definition) is 6. The van der Waals surface area contributed by atoms with Crippen molar-refractivity contribution in [3.63, 3.8) is 0 Å². The first-order valence-corrected chi connectivity index (χ1v) is 37.4. The quantitative estimate of drug-likeness (QED) is 0.0195. The van der Waals surface area contributed by atoms with Crippen molar-refractivity contribution < 1.29 is 49.3 Å². The van der Waals surface area contributed by atoms with Gasteiger partial charge in [-0.1, -0.05) is 318 Å². The van der Waals surface area contributed by atoms with Crippen LogP contribution in [-0.2, 0) is 23.8 Å². The van der Waals surface area contributed by atoms with E-state index >= 15 is 0 Å². The molecule has 0 spiro atoms. The van der Waals surface area contributed by atoms with Crippen LogP contribution >= 0.6 is 0 Å². The summed E-state index contributed by atoms with van der Waals surface area (Å²) < 4.78 is 17.7. The highest BCUT2D eigenvalue weighted by Crippen LogP contribution is 2.26. The number of carbonyl (C=O) groups is 2. The molecule has 0 bridgehead atoms. The number of aliphatic hydroxyl groups is 5. The number of carbonyl (C=O) groups excluding carboxylic acids is 2. The summed E-state index contributed by atoms with van der Waals surface area (Å²) in [6.45, 7) is 5.70. The summed E-state index contributed by atoms with van der Waals surface area (Å²) in [7, 11) is 0. The van der Waals surface area contributed by atoms with E-state index in [0.717, 1.165) is 103 Å². The van der Waals surface area contributed by atoms with Gasteiger partial charge in [-0.2, -0.15) is 0 Å². The predicted molar refractivity (Wildman–Crippen MR) is 375 cm³/mol. The lowest BCUT2D eigenvalue weighted by molar-refractivity contribution is -0.305. The van der Waals surface area contributed by atoms with Crippen LogP contribution in [-0.4, -0.2) is 99.6 Å². The van der Waals surface area contributed by atoms with Crippen LogP contribution in [0.1, 0.15) is 335 Å². The van der Waals surface area contributed by atoms with E-state index < -0.39 is 67.4 Å². The molecule has 1 saturated heterocycles. The van der Waals surface area contributed by atoms with E-state index in [9.17, 15) is 35.1 Å². The second-order valence-electron chi connectivity index (χ2n) is 25.6. The minimum absolute atomic E-state index is 0.114. The Kier molecular flexibility index (Phi) is 61.2. The molecule has 1 amide bonds. The summed E-state index contributed by atoms with van der Waals surface area (Å²) in [5, 5.41) is 57.3. The molecule has 8 unspecified atom stereocenters. The van der Waals surface area contributed by atoms with Crippen molar-refractivity contribution in [2.75, 3.05) is 13.2 Å². The zero-order chi connectivity index (χ0) is 64.6. The molecule has 89 heavy (non-hydrogen) atoms. The van der Waals surface area contributed by atoms with E-state index in [2.05, 4.69) is 99.0 Å². The molecule has 6 N–H and O–H groups in total. The van der Waals surface area contributed by atoms with Gasteiger partial charge >= 0.3 is 5.97 Å². The van der Waals surface area contributed by atoms with E-state index in [4.69, 9.17) is 14.2 Å². The molecule has 0 aromatic heterocycles. The third-order valence-corrected chi connectivity index (χ3v) is 17.3. The molecule has 1 aliphatic heterocycles. The molecule has 11 nitrogen and oxygen atoms in total. The molecule has 0 saturated carbocycles. The van der Waals surface area contributed by atoms with Crippen LogP contribution in [0.4, 0.5) is 0 Å². The summed E-state index contributed by atoms with van der Waals surface area (Å²) in [5.41, 5.74) is 0. The second kappa shape index (κ2) is 64.9. The molecular weight excluding hydrogens is 1110 g/mol. The number of rotatable bonds is 64. The third kappa shape index (κ3) is 52.0. The fourth-order valence-corrected chi connectivity index (χ4v) is 11.4. The molecule has 0 radical (unpaired) electrons. The van der Waals surface area contributed by atoms with Crippen LogP contribution in [0.5, 0.6) is 0 Å². The monoisotopic (exact) mass is 1250 g/mol. The molecule has 1 fully saturated rings. The van der Waals surface area contributed by atoms with Gasteiger partial charge in [0.1, 0.15) is 24.4 Å². The van der Waals surface area contributed by atoms with Crippen molar-refractivity contribution in [1.29, 1.82) is 0 Å². The highest BCUT2D eigenvalue weighted by molar-refractivity contribution is 5.80. The van der Waals surface area contributed by atoms with Gasteiger partial charge in [0.25, 0.3) is 0 Å². The average Bonchev–Trinajstić information content (AvgIpc) is 3.71. The van der Waals surface area contributed by atoms with Gasteiger partial charge in [-0.3, -0.25) is 9.59 Å². The molecule has 0 aromatic carbocycles. The molecule has 11 heteroatoms. The number of hydrogen-bond acceptors (Lipinski definition) is 10. The molecule has 0 aliphatic carbocycles. The summed E-state index contributed by atoms with van der Waals surface area (Å²) in [6.07, 6.45) is 76.3. The Morgan fingerprint density at radius 3 is 1.22 bits per heavy atom. The lowest BCUT2D eigenvalue weighted by Gasteiger charge is -2.41. The van der Waals surface area contributed by atoms with Gasteiger partial charge < -0.3 is 45.1 Å². The van der Waals surface area contributed by atoms with Gasteiger partial charge in [-0.25, -0.2) is 0 Å². The average molecular weight is 1250 g/mol. The highest BCUT2D eigenvalue weighted by atomic mass is 16.7. The molecule has 0 aromatic rings. The van der Waals surface area contributed by atoms with Crippen molar-refractivity contribution in [1.82, 2.24) is 5.32 Å². The minimum atomic E-state index is -1.62. The fraction of sp³-hybridized carbons (Fsp3) is 0.795. The maximum Gasteiger partial charge on any atom is 0.306 e. The minimum Gasteiger partial charge on any atom is -0.454 e. The van der Waals surface area contributed by atoms with E-state index in [-0.39, 0.29) is 13.0 Å². The van der Waals surface area contributed by atoms with Gasteiger partial charge in [0.2, 0.25) is 5.91 Å². The Labute approximate surface area is 546 Å². The predicted octanol–water partition coefficient (Wildman–Crippen LogP) is 19.6. The van der Waals surface area contributed by atoms with Crippen LogP contribution in [0, 0.1) is 0 Å². The Morgan fingerprint density at radius 1 is 0.449 bits per heavy atom. The largest absolute Gasteiger partial charge is 0.454 e. The molecule has 1 aliphatic rings. The maximum absolute atomic E-state index is 13.5. The van der Waals surface area contributed by atoms with Crippen molar-refractivity contribution in [3.05, 3.63) is 85.1 Å². The van der Waals surface area contributed by atoms with Crippen LogP contribution in [0.2, 0.25) is 0 Å². The van der Waals surface area contributed by atoms with E-state index in [0.29, 0.717) is 19.3 Å². The zero-order valence-corrected chi connectivity index (χ0v) is 57.5. The standard InChI is InChI=1S/C78H139NO10/c1-4-7-10-13-16-19-22-24-26-28-30-32-34-36-38-40-42-44-46-48-51-54-57-60-63-66-73(83)89-76-75(85)74(84)72(67-80)88-78(76)87-68-69(70(81)64-61-58-55-52-49-21-18-15-12-9-6-3)79-77(86)71(82)65-62-59-56-53-50-47-45-43-41-39-37-35-33-31-29-27-25-23-20-17-14-11-8-5-2/h7,10,16,19,24-27,30,32,36,38,61,64,69-72,74-76,78,80-82,84-85H,4-6,8-9,11-15,17-18,20-23,28-29,31,33-35,37,39-60,62-63,65-68H2,1-3H3,(H,79,86)/b10-7-,19-16-,26-24-,27-25+,32-30-,38-36-,64-61+. The third-order valence-electron chi connectivity index (χ3n) is 17.3. The Hall–Kier alpha value is -3.16. The van der Waals surface area contributed by atoms with Gasteiger partial charge in [-0.15, -0.1) is 0 Å². The lowest BCUT2D eigenvalue weighted by Crippen LogP contribution is -2.61. The first kappa shape index (κ1) is 83.9. The summed E-state index contributed by atoms with van der Waals surface area (Å²) >= 11 is 0. The molecule has 1 rings (SSSR count). The highest BCUT2D eigenvalue weighted by Gasteiger charge is 2.47. The number of unbranched alkanes of at least 4 members (excludes halogenated alkanes) is 38. The topological polar surface area (TPSA) is 175 Å². The number of esters is 1. The number of nitrogens with one attached hydrogen (secondary N) is 1. The molecule has 516 valence electrons. The summed E-state index contributed by atoms with van der Waals surface area (Å²) in [6, 6.07) is -1.03. The van der Waals surface area contributed by atoms with E-state index in [1.54, 1.807) is 6.08 Å². The van der Waals surface area contributed by atoms with Gasteiger partial charge in [0.15, 0.2) is 12.4 Å². The summed E-state index contributed by atoms with van der Waals surface area (Å²) in [4.78, 5) is 26.7. The maximum atomic E-state index is 13.5. The van der Waals surface area contributed by atoms with Gasteiger partial charge in [0.05, 0.1) is 25.4 Å². The molecular formula is C78H139NO10. The Morgan fingerprint density at radius 2 is 0.809 bits per heavy atom. The Bertz CT molecular complexity index is 1780. The number of amides is 1. The van der Waals surface area contributed by atoms with Crippen LogP contribution < -0.4 is 5.32 Å². The molecule has 1 heterocycles. The van der Waals surface area contributed by atoms with Crippen molar-refractivity contribution in [2.24, 2.45) is 0 Å². The van der Waals surface area contributed by atoms with Gasteiger partial charge in [-0.05, 0) is 96.3 Å². The number of ether oxygens (including phenoxy) is 3. The first-order valence-electron chi connectivity index (χ1n) is 37.4. The smallest absolute Gasteiger partial charge is 0.306 e. The van der Waals surface area contributed by atoms with Crippen LogP contribution in [0.3, 0.4) is 0 Å². The normalized spacial score (nSPS) is 18.6. The second-order valence-corrected chi connectivity index (χ2v) is 25.6. The number of aliphatic hydroxyl groups excluding tert-OH is 5. The van der Waals surface area contributed by atoms with Gasteiger partial charge in [0, 0.05) is 6.42 Å². The van der Waals surface area contributed by atoms with Crippen molar-refractivity contribution in [3.8, 4) is 0 Å². The Balaban J connectivity index is 2.52. The van der Waals surface area contributed by atoms with Crippen LogP contribution in [0.15, 0.2) is 85.1 Å². The van der Waals surface area contributed by atoms with E-state index in [1.807, 2.05) is 6.08 Å². The zero-order valence-electron chi connectivity index (χ0n) is 57.5. The van der Waals surface area contributed by atoms with Crippen LogP contribution in [0.25, 0.3) is 0 Å². The van der Waals surface area contributed by atoms with Crippen molar-refractivity contribution >= 4 is 11.9 Å². The number of allylic oxidation sites excluding steroid dienone is 13. The lowest BCUT2D eigenvalue weighted by atomic mass is 9.99. The fourth-order valence-electron chi connectivity index (χ4n) is 11.4. The molecule has 8 atom stereocenters.